The zero-order chi connectivity index (χ0) is 18.6. The molecule has 3 aromatic rings. The molecule has 0 aliphatic carbocycles. The molecule has 138 valence electrons. The Morgan fingerprint density at radius 2 is 2.11 bits per heavy atom. The summed E-state index contributed by atoms with van der Waals surface area (Å²) >= 11 is 0. The third kappa shape index (κ3) is 3.90. The summed E-state index contributed by atoms with van der Waals surface area (Å²) < 4.78 is 5.97. The molecule has 27 heavy (non-hydrogen) atoms. The van der Waals surface area contributed by atoms with Gasteiger partial charge in [-0.2, -0.15) is 0 Å². The van der Waals surface area contributed by atoms with E-state index in [1.807, 2.05) is 24.4 Å². The Balaban J connectivity index is 1.48. The van der Waals surface area contributed by atoms with Gasteiger partial charge in [0.15, 0.2) is 0 Å². The number of likely N-dealkylation sites (tertiary alicyclic amines) is 1. The lowest BCUT2D eigenvalue weighted by Crippen LogP contribution is -2.34. The number of furan rings is 1. The fourth-order valence-corrected chi connectivity index (χ4v) is 3.67. The van der Waals surface area contributed by atoms with Crippen LogP contribution in [0.25, 0.3) is 11.3 Å². The van der Waals surface area contributed by atoms with Gasteiger partial charge in [0, 0.05) is 36.6 Å². The van der Waals surface area contributed by atoms with Crippen molar-refractivity contribution in [1.82, 2.24) is 14.9 Å². The highest BCUT2D eigenvalue weighted by Gasteiger charge is 2.23. The lowest BCUT2D eigenvalue weighted by atomic mass is 9.95. The molecule has 3 heterocycles. The number of carboxylic acids is 1. The Morgan fingerprint density at radius 1 is 1.22 bits per heavy atom. The van der Waals surface area contributed by atoms with Crippen molar-refractivity contribution in [3.8, 4) is 11.3 Å². The number of aromatic nitrogens is 2. The average Bonchev–Trinajstić information content (AvgIpc) is 3.17. The van der Waals surface area contributed by atoms with Crippen molar-refractivity contribution >= 4 is 5.97 Å². The van der Waals surface area contributed by atoms with E-state index < -0.39 is 5.97 Å². The van der Waals surface area contributed by atoms with E-state index in [9.17, 15) is 9.90 Å². The maximum atomic E-state index is 11.4. The highest BCUT2D eigenvalue weighted by molar-refractivity contribution is 5.95. The highest BCUT2D eigenvalue weighted by Crippen LogP contribution is 2.29. The summed E-state index contributed by atoms with van der Waals surface area (Å²) in [5.74, 6) is 0.858. The summed E-state index contributed by atoms with van der Waals surface area (Å²) in [4.78, 5) is 22.4. The van der Waals surface area contributed by atoms with Gasteiger partial charge >= 0.3 is 5.97 Å². The quantitative estimate of drug-likeness (QED) is 0.742. The number of nitrogens with zero attached hydrogens (tertiary/aromatic N) is 3. The van der Waals surface area contributed by atoms with Crippen molar-refractivity contribution < 1.29 is 14.3 Å². The van der Waals surface area contributed by atoms with E-state index in [-0.39, 0.29) is 5.56 Å². The maximum absolute atomic E-state index is 11.4. The molecule has 0 amide bonds. The standard InChI is InChI=1S/C21H21N3O3/c25-21(26)18-6-2-1-5-17(18)20-8-7-16(27-20)14-24-11-3-4-15(13-24)19-12-22-9-10-23-19/h1-2,5-10,12,15H,3-4,11,13-14H2,(H,25,26)/t15-/m1/s1. The fraction of sp³-hybridized carbons (Fsp3) is 0.286. The summed E-state index contributed by atoms with van der Waals surface area (Å²) in [6.07, 6.45) is 7.51. The Kier molecular flexibility index (Phi) is 4.98. The molecule has 1 saturated heterocycles. The molecule has 1 aliphatic heterocycles. The monoisotopic (exact) mass is 363 g/mol. The predicted molar refractivity (Wildman–Crippen MR) is 100 cm³/mol. The Bertz CT molecular complexity index is 923. The largest absolute Gasteiger partial charge is 0.478 e. The first kappa shape index (κ1) is 17.4. The molecule has 1 N–H and O–H groups in total. The van der Waals surface area contributed by atoms with Crippen molar-refractivity contribution in [3.05, 3.63) is 72.0 Å². The zero-order valence-corrected chi connectivity index (χ0v) is 14.9. The second-order valence-corrected chi connectivity index (χ2v) is 6.82. The minimum absolute atomic E-state index is 0.249. The Hall–Kier alpha value is -2.99. The van der Waals surface area contributed by atoms with Crippen LogP contribution in [0, 0.1) is 0 Å². The minimum atomic E-state index is -0.952. The first-order chi connectivity index (χ1) is 13.2. The summed E-state index contributed by atoms with van der Waals surface area (Å²) in [5.41, 5.74) is 1.89. The third-order valence-electron chi connectivity index (χ3n) is 4.97. The first-order valence-corrected chi connectivity index (χ1v) is 9.10. The minimum Gasteiger partial charge on any atom is -0.478 e. The van der Waals surface area contributed by atoms with Crippen LogP contribution in [0.5, 0.6) is 0 Å². The van der Waals surface area contributed by atoms with Gasteiger partial charge in [-0.15, -0.1) is 0 Å². The van der Waals surface area contributed by atoms with Gasteiger partial charge in [-0.3, -0.25) is 14.9 Å². The second kappa shape index (κ2) is 7.72. The Labute approximate surface area is 157 Å². The van der Waals surface area contributed by atoms with Gasteiger partial charge in [-0.25, -0.2) is 4.79 Å². The molecule has 6 nitrogen and oxygen atoms in total. The van der Waals surface area contributed by atoms with E-state index in [1.54, 1.807) is 30.6 Å². The second-order valence-electron chi connectivity index (χ2n) is 6.82. The van der Waals surface area contributed by atoms with Crippen LogP contribution in [-0.2, 0) is 6.54 Å². The SMILES string of the molecule is O=C(O)c1ccccc1-c1ccc(CN2CCC[C@@H](c3cnccn3)C2)o1. The molecule has 1 aromatic carbocycles. The lowest BCUT2D eigenvalue weighted by Gasteiger charge is -2.31. The van der Waals surface area contributed by atoms with Crippen LogP contribution in [0.4, 0.5) is 0 Å². The normalized spacial score (nSPS) is 17.7. The van der Waals surface area contributed by atoms with Crippen molar-refractivity contribution in [2.75, 3.05) is 13.1 Å². The maximum Gasteiger partial charge on any atom is 0.336 e. The van der Waals surface area contributed by atoms with Crippen molar-refractivity contribution in [1.29, 1.82) is 0 Å². The molecule has 1 atom stereocenters. The number of hydrogen-bond acceptors (Lipinski definition) is 5. The van der Waals surface area contributed by atoms with E-state index >= 15 is 0 Å². The molecular formula is C21H21N3O3. The topological polar surface area (TPSA) is 79.5 Å². The average molecular weight is 363 g/mol. The molecule has 6 heteroatoms. The molecule has 1 fully saturated rings. The molecule has 0 bridgehead atoms. The molecule has 0 saturated carbocycles. The number of benzene rings is 1. The van der Waals surface area contributed by atoms with Crippen LogP contribution in [-0.4, -0.2) is 39.0 Å². The van der Waals surface area contributed by atoms with Crippen LogP contribution in [0.2, 0.25) is 0 Å². The van der Waals surface area contributed by atoms with Crippen molar-refractivity contribution in [2.45, 2.75) is 25.3 Å². The van der Waals surface area contributed by atoms with Crippen LogP contribution < -0.4 is 0 Å². The number of piperidine rings is 1. The molecule has 2 aromatic heterocycles. The molecule has 0 unspecified atom stereocenters. The van der Waals surface area contributed by atoms with E-state index in [0.717, 1.165) is 37.4 Å². The smallest absolute Gasteiger partial charge is 0.336 e. The van der Waals surface area contributed by atoms with Gasteiger partial charge in [-0.1, -0.05) is 18.2 Å². The van der Waals surface area contributed by atoms with E-state index in [2.05, 4.69) is 14.9 Å². The number of rotatable bonds is 5. The zero-order valence-electron chi connectivity index (χ0n) is 14.9. The number of hydrogen-bond donors (Lipinski definition) is 1. The Morgan fingerprint density at radius 3 is 2.93 bits per heavy atom. The summed E-state index contributed by atoms with van der Waals surface area (Å²) in [5, 5.41) is 9.37. The van der Waals surface area contributed by atoms with Crippen LogP contribution in [0.3, 0.4) is 0 Å². The molecular weight excluding hydrogens is 342 g/mol. The summed E-state index contributed by atoms with van der Waals surface area (Å²) in [7, 11) is 0. The number of carboxylic acid groups (broad SMARTS) is 1. The van der Waals surface area contributed by atoms with Crippen LogP contribution in [0.15, 0.2) is 59.4 Å². The van der Waals surface area contributed by atoms with Gasteiger partial charge < -0.3 is 9.52 Å². The number of carbonyl (C=O) groups is 1. The van der Waals surface area contributed by atoms with Crippen LogP contribution in [0.1, 0.15) is 40.6 Å². The van der Waals surface area contributed by atoms with E-state index in [4.69, 9.17) is 4.42 Å². The summed E-state index contributed by atoms with van der Waals surface area (Å²) in [6.45, 7) is 2.63. The predicted octanol–water partition coefficient (Wildman–Crippen LogP) is 3.81. The van der Waals surface area contributed by atoms with E-state index in [1.165, 1.54) is 0 Å². The molecule has 1 aliphatic rings. The van der Waals surface area contributed by atoms with Gasteiger partial charge in [0.1, 0.15) is 11.5 Å². The molecule has 4 rings (SSSR count). The summed E-state index contributed by atoms with van der Waals surface area (Å²) in [6, 6.07) is 10.7. The van der Waals surface area contributed by atoms with Crippen LogP contribution >= 0.6 is 0 Å². The van der Waals surface area contributed by atoms with E-state index in [0.29, 0.717) is 23.8 Å². The van der Waals surface area contributed by atoms with Gasteiger partial charge in [0.2, 0.25) is 0 Å². The number of aromatic carboxylic acids is 1. The molecule has 0 radical (unpaired) electrons. The van der Waals surface area contributed by atoms with Gasteiger partial charge in [0.05, 0.1) is 17.8 Å². The molecule has 0 spiro atoms. The third-order valence-corrected chi connectivity index (χ3v) is 4.97. The lowest BCUT2D eigenvalue weighted by molar-refractivity contribution is 0.0697. The van der Waals surface area contributed by atoms with Gasteiger partial charge in [0.25, 0.3) is 0 Å². The van der Waals surface area contributed by atoms with Crippen molar-refractivity contribution in [2.24, 2.45) is 0 Å². The van der Waals surface area contributed by atoms with Gasteiger partial charge in [-0.05, 0) is 37.6 Å². The fourth-order valence-electron chi connectivity index (χ4n) is 3.67. The highest BCUT2D eigenvalue weighted by atomic mass is 16.4. The first-order valence-electron chi connectivity index (χ1n) is 9.10. The van der Waals surface area contributed by atoms with Crippen molar-refractivity contribution in [3.63, 3.8) is 0 Å².